The number of hydrogen-bond donors (Lipinski definition) is 1. The molecule has 1 N–H and O–H groups in total. The Balaban J connectivity index is 1.59. The van der Waals surface area contributed by atoms with Crippen LogP contribution in [0.25, 0.3) is 0 Å². The number of fused-ring (bicyclic) bond motifs is 1. The highest BCUT2D eigenvalue weighted by Gasteiger charge is 2.32. The Morgan fingerprint density at radius 2 is 2.04 bits per heavy atom. The summed E-state index contributed by atoms with van der Waals surface area (Å²) in [7, 11) is 0. The Kier molecular flexibility index (Phi) is 4.22. The minimum Gasteiger partial charge on any atom is -0.506 e. The van der Waals surface area contributed by atoms with E-state index in [-0.39, 0.29) is 11.8 Å². The SMILES string of the molecule is Cc1ccc(O)c(CN2CCC[C@@H]2c2nnc3n2CCCCC3)n1. The van der Waals surface area contributed by atoms with Crippen LogP contribution in [0, 0.1) is 6.92 Å². The van der Waals surface area contributed by atoms with Crippen LogP contribution in [0.1, 0.15) is 61.2 Å². The Bertz CT molecular complexity index is 726. The first kappa shape index (κ1) is 15.6. The summed E-state index contributed by atoms with van der Waals surface area (Å²) in [6.45, 7) is 4.68. The summed E-state index contributed by atoms with van der Waals surface area (Å²) in [6.07, 6.45) is 7.00. The molecule has 128 valence electrons. The molecule has 0 amide bonds. The maximum atomic E-state index is 10.1. The molecule has 0 saturated carbocycles. The Morgan fingerprint density at radius 1 is 1.12 bits per heavy atom. The molecule has 6 nitrogen and oxygen atoms in total. The van der Waals surface area contributed by atoms with E-state index in [1.807, 2.05) is 13.0 Å². The van der Waals surface area contributed by atoms with Crippen LogP contribution in [0.15, 0.2) is 12.1 Å². The predicted octanol–water partition coefficient (Wildman–Crippen LogP) is 2.75. The van der Waals surface area contributed by atoms with Gasteiger partial charge < -0.3 is 9.67 Å². The van der Waals surface area contributed by atoms with Gasteiger partial charge in [-0.05, 0) is 51.3 Å². The van der Waals surface area contributed by atoms with Crippen molar-refractivity contribution in [1.29, 1.82) is 0 Å². The van der Waals surface area contributed by atoms with E-state index < -0.39 is 0 Å². The minimum absolute atomic E-state index is 0.283. The highest BCUT2D eigenvalue weighted by molar-refractivity contribution is 5.27. The number of aryl methyl sites for hydroxylation is 2. The summed E-state index contributed by atoms with van der Waals surface area (Å²) in [4.78, 5) is 6.91. The van der Waals surface area contributed by atoms with E-state index in [1.54, 1.807) is 6.07 Å². The molecule has 0 bridgehead atoms. The van der Waals surface area contributed by atoms with Crippen LogP contribution in [-0.2, 0) is 19.5 Å². The van der Waals surface area contributed by atoms with E-state index in [0.29, 0.717) is 6.54 Å². The fourth-order valence-corrected chi connectivity index (χ4v) is 3.97. The summed E-state index contributed by atoms with van der Waals surface area (Å²) in [5, 5.41) is 19.1. The van der Waals surface area contributed by atoms with Crippen molar-refractivity contribution in [3.05, 3.63) is 35.2 Å². The first-order valence-corrected chi connectivity index (χ1v) is 9.04. The van der Waals surface area contributed by atoms with E-state index in [2.05, 4.69) is 24.6 Å². The van der Waals surface area contributed by atoms with Gasteiger partial charge in [0.15, 0.2) is 0 Å². The van der Waals surface area contributed by atoms with Crippen molar-refractivity contribution >= 4 is 0 Å². The molecule has 0 aliphatic carbocycles. The number of rotatable bonds is 3. The Hall–Kier alpha value is -1.95. The number of aromatic hydroxyl groups is 1. The maximum absolute atomic E-state index is 10.1. The second-order valence-corrected chi connectivity index (χ2v) is 6.98. The van der Waals surface area contributed by atoms with Crippen LogP contribution in [0.5, 0.6) is 5.75 Å². The zero-order valence-electron chi connectivity index (χ0n) is 14.3. The van der Waals surface area contributed by atoms with E-state index in [0.717, 1.165) is 55.4 Å². The van der Waals surface area contributed by atoms with Gasteiger partial charge in [-0.15, -0.1) is 10.2 Å². The molecule has 0 radical (unpaired) electrons. The number of pyridine rings is 1. The normalized spacial score (nSPS) is 21.6. The van der Waals surface area contributed by atoms with Gasteiger partial charge >= 0.3 is 0 Å². The lowest BCUT2D eigenvalue weighted by Crippen LogP contribution is -2.26. The first-order valence-electron chi connectivity index (χ1n) is 9.04. The number of nitrogens with zero attached hydrogens (tertiary/aromatic N) is 5. The quantitative estimate of drug-likeness (QED) is 0.939. The van der Waals surface area contributed by atoms with E-state index in [4.69, 9.17) is 0 Å². The number of aromatic nitrogens is 4. The third kappa shape index (κ3) is 2.90. The van der Waals surface area contributed by atoms with Gasteiger partial charge in [0.1, 0.15) is 17.4 Å². The van der Waals surface area contributed by atoms with Crippen molar-refractivity contribution in [2.24, 2.45) is 0 Å². The third-order valence-corrected chi connectivity index (χ3v) is 5.24. The molecule has 24 heavy (non-hydrogen) atoms. The van der Waals surface area contributed by atoms with E-state index in [1.165, 1.54) is 19.3 Å². The molecule has 0 unspecified atom stereocenters. The average Bonchev–Trinajstić information content (AvgIpc) is 3.11. The van der Waals surface area contributed by atoms with E-state index >= 15 is 0 Å². The Morgan fingerprint density at radius 3 is 2.96 bits per heavy atom. The molecule has 2 aromatic heterocycles. The van der Waals surface area contributed by atoms with Crippen molar-refractivity contribution < 1.29 is 5.11 Å². The smallest absolute Gasteiger partial charge is 0.150 e. The molecular weight excluding hydrogens is 302 g/mol. The summed E-state index contributed by atoms with van der Waals surface area (Å²) < 4.78 is 2.35. The van der Waals surface area contributed by atoms with Crippen molar-refractivity contribution in [3.63, 3.8) is 0 Å². The van der Waals surface area contributed by atoms with Gasteiger partial charge in [0.2, 0.25) is 0 Å². The van der Waals surface area contributed by atoms with Gasteiger partial charge in [-0.1, -0.05) is 6.42 Å². The van der Waals surface area contributed by atoms with Crippen LogP contribution in [0.4, 0.5) is 0 Å². The molecule has 2 aliphatic rings. The van der Waals surface area contributed by atoms with Gasteiger partial charge in [-0.25, -0.2) is 0 Å². The van der Waals surface area contributed by atoms with Gasteiger partial charge in [-0.2, -0.15) is 0 Å². The van der Waals surface area contributed by atoms with Crippen LogP contribution < -0.4 is 0 Å². The van der Waals surface area contributed by atoms with Crippen LogP contribution in [-0.4, -0.2) is 36.3 Å². The summed E-state index contributed by atoms with van der Waals surface area (Å²) in [6, 6.07) is 3.87. The van der Waals surface area contributed by atoms with Crippen molar-refractivity contribution in [2.45, 2.75) is 64.6 Å². The third-order valence-electron chi connectivity index (χ3n) is 5.24. The summed E-state index contributed by atoms with van der Waals surface area (Å²) in [5.41, 5.74) is 1.70. The number of hydrogen-bond acceptors (Lipinski definition) is 5. The number of likely N-dealkylation sites (tertiary alicyclic amines) is 1. The largest absolute Gasteiger partial charge is 0.506 e. The minimum atomic E-state index is 0.283. The van der Waals surface area contributed by atoms with Gasteiger partial charge in [-0.3, -0.25) is 9.88 Å². The lowest BCUT2D eigenvalue weighted by atomic mass is 10.2. The highest BCUT2D eigenvalue weighted by Crippen LogP contribution is 2.34. The van der Waals surface area contributed by atoms with Crippen LogP contribution >= 0.6 is 0 Å². The topological polar surface area (TPSA) is 67.1 Å². The molecule has 2 aromatic rings. The highest BCUT2D eigenvalue weighted by atomic mass is 16.3. The van der Waals surface area contributed by atoms with Gasteiger partial charge in [0.05, 0.1) is 11.7 Å². The Labute approximate surface area is 142 Å². The first-order chi connectivity index (χ1) is 11.7. The van der Waals surface area contributed by atoms with Crippen molar-refractivity contribution in [1.82, 2.24) is 24.6 Å². The predicted molar refractivity (Wildman–Crippen MR) is 90.6 cm³/mol. The molecule has 1 fully saturated rings. The molecule has 1 atom stereocenters. The molecule has 4 heterocycles. The van der Waals surface area contributed by atoms with Crippen molar-refractivity contribution in [2.75, 3.05) is 6.54 Å². The summed E-state index contributed by atoms with van der Waals surface area (Å²) in [5.74, 6) is 2.54. The molecule has 0 aromatic carbocycles. The van der Waals surface area contributed by atoms with Gasteiger partial charge in [0, 0.05) is 25.2 Å². The molecule has 6 heteroatoms. The second-order valence-electron chi connectivity index (χ2n) is 6.98. The fraction of sp³-hybridized carbons (Fsp3) is 0.611. The molecule has 1 saturated heterocycles. The molecular formula is C18H25N5O. The lowest BCUT2D eigenvalue weighted by molar-refractivity contribution is 0.228. The lowest BCUT2D eigenvalue weighted by Gasteiger charge is -2.24. The zero-order valence-corrected chi connectivity index (χ0v) is 14.3. The van der Waals surface area contributed by atoms with Crippen LogP contribution in [0.3, 0.4) is 0 Å². The van der Waals surface area contributed by atoms with Gasteiger partial charge in [0.25, 0.3) is 0 Å². The summed E-state index contributed by atoms with van der Waals surface area (Å²) >= 11 is 0. The molecule has 0 spiro atoms. The molecule has 2 aliphatic heterocycles. The second kappa shape index (κ2) is 6.51. The monoisotopic (exact) mass is 327 g/mol. The van der Waals surface area contributed by atoms with Crippen molar-refractivity contribution in [3.8, 4) is 5.75 Å². The molecule has 4 rings (SSSR count). The fourth-order valence-electron chi connectivity index (χ4n) is 3.97. The maximum Gasteiger partial charge on any atom is 0.150 e. The van der Waals surface area contributed by atoms with E-state index in [9.17, 15) is 5.11 Å². The standard InChI is InChI=1S/C18H25N5O/c1-13-8-9-16(24)14(19-13)12-22-10-5-6-15(22)18-21-20-17-7-3-2-4-11-23(17)18/h8-9,15,24H,2-7,10-12H2,1H3/t15-/m1/s1. The van der Waals surface area contributed by atoms with Crippen LogP contribution in [0.2, 0.25) is 0 Å². The average molecular weight is 327 g/mol. The zero-order chi connectivity index (χ0) is 16.5.